The first kappa shape index (κ1) is 12.7. The van der Waals surface area contributed by atoms with Gasteiger partial charge >= 0.3 is 0 Å². The van der Waals surface area contributed by atoms with Crippen molar-refractivity contribution in [1.29, 1.82) is 5.26 Å². The Morgan fingerprint density at radius 2 is 1.70 bits per heavy atom. The van der Waals surface area contributed by atoms with Gasteiger partial charge in [0.2, 0.25) is 0 Å². The Kier molecular flexibility index (Phi) is 3.40. The van der Waals surface area contributed by atoms with Crippen LogP contribution in [0.3, 0.4) is 0 Å². The summed E-state index contributed by atoms with van der Waals surface area (Å²) in [5.74, 6) is 1.54. The van der Waals surface area contributed by atoms with Crippen LogP contribution in [0.5, 0.6) is 11.5 Å². The molecular weight excluding hydrogens is 272 g/mol. The number of nitrogens with two attached hydrogens (primary N) is 1. The van der Waals surface area contributed by atoms with Gasteiger partial charge in [0, 0.05) is 15.5 Å². The number of anilines is 1. The molecule has 0 aromatic heterocycles. The van der Waals surface area contributed by atoms with Crippen LogP contribution < -0.4 is 15.2 Å². The van der Waals surface area contributed by atoms with Gasteiger partial charge in [0.1, 0.15) is 19.3 Å². The van der Waals surface area contributed by atoms with E-state index < -0.39 is 0 Å². The molecule has 0 bridgehead atoms. The molecule has 0 aliphatic carbocycles. The maximum Gasteiger partial charge on any atom is 0.162 e. The van der Waals surface area contributed by atoms with E-state index in [2.05, 4.69) is 6.07 Å². The lowest BCUT2D eigenvalue weighted by molar-refractivity contribution is 0.171. The van der Waals surface area contributed by atoms with Crippen LogP contribution in [0.15, 0.2) is 46.2 Å². The summed E-state index contributed by atoms with van der Waals surface area (Å²) in [6.07, 6.45) is 0. The van der Waals surface area contributed by atoms with E-state index in [9.17, 15) is 0 Å². The SMILES string of the molecule is N#Cc1cc(Sc2ccc3c(c2)OCCO3)ccc1N. The summed E-state index contributed by atoms with van der Waals surface area (Å²) < 4.78 is 11.0. The minimum absolute atomic E-state index is 0.493. The van der Waals surface area contributed by atoms with Crippen molar-refractivity contribution >= 4 is 17.4 Å². The molecule has 1 aliphatic rings. The molecule has 4 nitrogen and oxygen atoms in total. The number of nitriles is 1. The van der Waals surface area contributed by atoms with Crippen molar-refractivity contribution < 1.29 is 9.47 Å². The molecule has 0 radical (unpaired) electrons. The number of hydrogen-bond acceptors (Lipinski definition) is 5. The molecule has 2 aromatic carbocycles. The number of benzene rings is 2. The van der Waals surface area contributed by atoms with E-state index in [0.29, 0.717) is 24.5 Å². The Morgan fingerprint density at radius 3 is 2.50 bits per heavy atom. The number of fused-ring (bicyclic) bond motifs is 1. The number of nitrogens with zero attached hydrogens (tertiary/aromatic N) is 1. The summed E-state index contributed by atoms with van der Waals surface area (Å²) in [4.78, 5) is 2.00. The molecule has 0 atom stereocenters. The van der Waals surface area contributed by atoms with Gasteiger partial charge in [-0.15, -0.1) is 0 Å². The predicted molar refractivity (Wildman–Crippen MR) is 77.1 cm³/mol. The Hall–Kier alpha value is -2.32. The number of ether oxygens (including phenoxy) is 2. The summed E-state index contributed by atoms with van der Waals surface area (Å²) in [6, 6.07) is 13.3. The highest BCUT2D eigenvalue weighted by Gasteiger charge is 2.12. The molecule has 2 N–H and O–H groups in total. The molecule has 3 rings (SSSR count). The molecule has 1 heterocycles. The van der Waals surface area contributed by atoms with Gasteiger partial charge in [-0.1, -0.05) is 11.8 Å². The van der Waals surface area contributed by atoms with Crippen LogP contribution in [-0.4, -0.2) is 13.2 Å². The molecule has 0 fully saturated rings. The number of hydrogen-bond donors (Lipinski definition) is 1. The lowest BCUT2D eigenvalue weighted by Gasteiger charge is -2.18. The quantitative estimate of drug-likeness (QED) is 0.858. The van der Waals surface area contributed by atoms with Crippen molar-refractivity contribution in [3.63, 3.8) is 0 Å². The summed E-state index contributed by atoms with van der Waals surface area (Å²) >= 11 is 1.56. The third-order valence-corrected chi connectivity index (χ3v) is 3.87. The molecule has 0 saturated heterocycles. The van der Waals surface area contributed by atoms with E-state index in [0.717, 1.165) is 21.3 Å². The smallest absolute Gasteiger partial charge is 0.162 e. The minimum atomic E-state index is 0.493. The number of nitrogen functional groups attached to an aromatic ring is 1. The van der Waals surface area contributed by atoms with Gasteiger partial charge in [0.15, 0.2) is 11.5 Å². The van der Waals surface area contributed by atoms with Gasteiger partial charge in [0.05, 0.1) is 5.56 Å². The second kappa shape index (κ2) is 5.35. The van der Waals surface area contributed by atoms with Gasteiger partial charge in [-0.05, 0) is 36.4 Å². The predicted octanol–water partition coefficient (Wildman–Crippen LogP) is 3.06. The minimum Gasteiger partial charge on any atom is -0.486 e. The van der Waals surface area contributed by atoms with Crippen molar-refractivity contribution in [3.8, 4) is 17.6 Å². The average molecular weight is 284 g/mol. The van der Waals surface area contributed by atoms with Crippen LogP contribution in [0, 0.1) is 11.3 Å². The normalized spacial score (nSPS) is 12.8. The Balaban J connectivity index is 1.86. The van der Waals surface area contributed by atoms with Gasteiger partial charge < -0.3 is 15.2 Å². The molecule has 0 spiro atoms. The van der Waals surface area contributed by atoms with Crippen molar-refractivity contribution in [3.05, 3.63) is 42.0 Å². The molecule has 0 unspecified atom stereocenters. The van der Waals surface area contributed by atoms with Crippen LogP contribution >= 0.6 is 11.8 Å². The second-order valence-corrected chi connectivity index (χ2v) is 5.42. The van der Waals surface area contributed by atoms with Gasteiger partial charge in [-0.25, -0.2) is 0 Å². The summed E-state index contributed by atoms with van der Waals surface area (Å²) in [5.41, 5.74) is 6.71. The zero-order valence-electron chi connectivity index (χ0n) is 10.6. The molecule has 2 aromatic rings. The first-order valence-electron chi connectivity index (χ1n) is 6.13. The van der Waals surface area contributed by atoms with Crippen molar-refractivity contribution in [1.82, 2.24) is 0 Å². The third kappa shape index (κ3) is 2.51. The molecule has 100 valence electrons. The van der Waals surface area contributed by atoms with Crippen molar-refractivity contribution in [2.45, 2.75) is 9.79 Å². The third-order valence-electron chi connectivity index (χ3n) is 2.89. The average Bonchev–Trinajstić information content (AvgIpc) is 2.49. The summed E-state index contributed by atoms with van der Waals surface area (Å²) in [6.45, 7) is 1.16. The Labute approximate surface area is 121 Å². The van der Waals surface area contributed by atoms with E-state index in [1.807, 2.05) is 24.3 Å². The fourth-order valence-electron chi connectivity index (χ4n) is 1.92. The maximum absolute atomic E-state index is 8.99. The molecule has 5 heteroatoms. The number of rotatable bonds is 2. The Morgan fingerprint density at radius 1 is 1.00 bits per heavy atom. The first-order chi connectivity index (χ1) is 9.76. The maximum atomic E-state index is 8.99. The van der Waals surface area contributed by atoms with E-state index in [4.69, 9.17) is 20.5 Å². The van der Waals surface area contributed by atoms with Crippen molar-refractivity contribution in [2.75, 3.05) is 18.9 Å². The monoisotopic (exact) mass is 284 g/mol. The van der Waals surface area contributed by atoms with E-state index in [1.165, 1.54) is 0 Å². The van der Waals surface area contributed by atoms with Crippen LogP contribution in [0.1, 0.15) is 5.56 Å². The topological polar surface area (TPSA) is 68.3 Å². The molecule has 0 amide bonds. The summed E-state index contributed by atoms with van der Waals surface area (Å²) in [7, 11) is 0. The van der Waals surface area contributed by atoms with Gasteiger partial charge in [0.25, 0.3) is 0 Å². The fourth-order valence-corrected chi connectivity index (χ4v) is 2.81. The van der Waals surface area contributed by atoms with E-state index in [-0.39, 0.29) is 0 Å². The van der Waals surface area contributed by atoms with Crippen LogP contribution in [0.2, 0.25) is 0 Å². The zero-order chi connectivity index (χ0) is 13.9. The Bertz CT molecular complexity index is 695. The molecule has 20 heavy (non-hydrogen) atoms. The highest BCUT2D eigenvalue weighted by molar-refractivity contribution is 7.99. The largest absolute Gasteiger partial charge is 0.486 e. The van der Waals surface area contributed by atoms with E-state index >= 15 is 0 Å². The molecular formula is C15H12N2O2S. The lowest BCUT2D eigenvalue weighted by atomic mass is 10.2. The van der Waals surface area contributed by atoms with Crippen molar-refractivity contribution in [2.24, 2.45) is 0 Å². The lowest BCUT2D eigenvalue weighted by Crippen LogP contribution is -2.15. The zero-order valence-corrected chi connectivity index (χ0v) is 11.4. The van der Waals surface area contributed by atoms with E-state index in [1.54, 1.807) is 23.9 Å². The van der Waals surface area contributed by atoms with Crippen LogP contribution in [-0.2, 0) is 0 Å². The molecule has 0 saturated carbocycles. The van der Waals surface area contributed by atoms with Crippen LogP contribution in [0.4, 0.5) is 5.69 Å². The molecule has 1 aliphatic heterocycles. The standard InChI is InChI=1S/C15H12N2O2S/c16-9-10-7-11(1-3-13(10)17)20-12-2-4-14-15(8-12)19-6-5-18-14/h1-4,7-8H,5-6,17H2. The highest BCUT2D eigenvalue weighted by Crippen LogP contribution is 2.37. The highest BCUT2D eigenvalue weighted by atomic mass is 32.2. The van der Waals surface area contributed by atoms with Gasteiger partial charge in [-0.3, -0.25) is 0 Å². The van der Waals surface area contributed by atoms with Gasteiger partial charge in [-0.2, -0.15) is 5.26 Å². The fraction of sp³-hybridized carbons (Fsp3) is 0.133. The summed E-state index contributed by atoms with van der Waals surface area (Å²) in [5, 5.41) is 8.99. The first-order valence-corrected chi connectivity index (χ1v) is 6.95. The second-order valence-electron chi connectivity index (χ2n) is 4.27. The van der Waals surface area contributed by atoms with Crippen LogP contribution in [0.25, 0.3) is 0 Å².